The molecule has 3 aromatic heterocycles. The fourth-order valence-corrected chi connectivity index (χ4v) is 4.64. The first-order chi connectivity index (χ1) is 17.2. The summed E-state index contributed by atoms with van der Waals surface area (Å²) in [7, 11) is 0. The molecule has 3 heterocycles. The topological polar surface area (TPSA) is 106 Å². The lowest BCUT2D eigenvalue weighted by molar-refractivity contribution is 0.0964. The van der Waals surface area contributed by atoms with Gasteiger partial charge in [-0.25, -0.2) is 9.97 Å². The molecule has 0 spiro atoms. The smallest absolute Gasteiger partial charge is 0.255 e. The van der Waals surface area contributed by atoms with Crippen LogP contribution in [-0.4, -0.2) is 20.9 Å². The Morgan fingerprint density at radius 2 is 1.97 bits per heavy atom. The van der Waals surface area contributed by atoms with Crippen LogP contribution in [-0.2, 0) is 6.54 Å². The van der Waals surface area contributed by atoms with E-state index < -0.39 is 0 Å². The highest BCUT2D eigenvalue weighted by Gasteiger charge is 2.19. The van der Waals surface area contributed by atoms with Gasteiger partial charge in [0, 0.05) is 59.2 Å². The van der Waals surface area contributed by atoms with E-state index in [1.807, 2.05) is 54.6 Å². The molecule has 5 rings (SSSR count). The highest BCUT2D eigenvalue weighted by atomic mass is 32.1. The van der Waals surface area contributed by atoms with Crippen LogP contribution in [0.3, 0.4) is 0 Å². The van der Waals surface area contributed by atoms with Crippen molar-refractivity contribution in [2.45, 2.75) is 18.9 Å². The number of amides is 1. The quantitative estimate of drug-likeness (QED) is 0.349. The number of carbonyl (C=O) groups excluding carboxylic acids is 1. The van der Waals surface area contributed by atoms with Gasteiger partial charge in [-0.05, 0) is 53.4 Å². The average Bonchev–Trinajstić information content (AvgIpc) is 3.45. The number of nitrogens with one attached hydrogen (secondary N) is 2. The van der Waals surface area contributed by atoms with E-state index in [-0.39, 0.29) is 11.8 Å². The SMILES string of the molecule is NC1=C(NC(=O)c2ccc(CNc3nccc(-c4cccnc4)n3)cc2)CC(c2cccs2)C=C1. The molecule has 7 nitrogen and oxygen atoms in total. The summed E-state index contributed by atoms with van der Waals surface area (Å²) < 4.78 is 0. The van der Waals surface area contributed by atoms with Crippen LogP contribution >= 0.6 is 11.3 Å². The predicted octanol–water partition coefficient (Wildman–Crippen LogP) is 4.86. The molecule has 1 amide bonds. The van der Waals surface area contributed by atoms with E-state index in [4.69, 9.17) is 5.73 Å². The van der Waals surface area contributed by atoms with Crippen LogP contribution in [0.15, 0.2) is 102 Å². The maximum Gasteiger partial charge on any atom is 0.255 e. The molecule has 4 aromatic rings. The minimum atomic E-state index is -0.171. The summed E-state index contributed by atoms with van der Waals surface area (Å²) in [6.07, 6.45) is 9.86. The molecule has 0 fully saturated rings. The van der Waals surface area contributed by atoms with Crippen molar-refractivity contribution >= 4 is 23.2 Å². The van der Waals surface area contributed by atoms with Crippen molar-refractivity contribution in [3.8, 4) is 11.3 Å². The molecule has 0 aliphatic heterocycles. The number of allylic oxidation sites excluding steroid dienone is 3. The van der Waals surface area contributed by atoms with Crippen molar-refractivity contribution in [1.29, 1.82) is 0 Å². The van der Waals surface area contributed by atoms with Crippen molar-refractivity contribution in [3.05, 3.63) is 118 Å². The van der Waals surface area contributed by atoms with Gasteiger partial charge in [0.25, 0.3) is 5.91 Å². The largest absolute Gasteiger partial charge is 0.397 e. The molecule has 1 unspecified atom stereocenters. The minimum Gasteiger partial charge on any atom is -0.397 e. The highest BCUT2D eigenvalue weighted by Crippen LogP contribution is 2.31. The Morgan fingerprint density at radius 3 is 2.74 bits per heavy atom. The van der Waals surface area contributed by atoms with Crippen LogP contribution in [0.5, 0.6) is 0 Å². The zero-order valence-corrected chi connectivity index (χ0v) is 19.7. The molecular formula is C27H24N6OS. The fraction of sp³-hybridized carbons (Fsp3) is 0.111. The van der Waals surface area contributed by atoms with Gasteiger partial charge in [0.15, 0.2) is 0 Å². The maximum atomic E-state index is 12.9. The van der Waals surface area contributed by atoms with Crippen molar-refractivity contribution in [3.63, 3.8) is 0 Å². The number of benzene rings is 1. The average molecular weight is 481 g/mol. The summed E-state index contributed by atoms with van der Waals surface area (Å²) in [5.41, 5.74) is 10.8. The van der Waals surface area contributed by atoms with Gasteiger partial charge in [-0.15, -0.1) is 11.3 Å². The normalized spacial score (nSPS) is 15.1. The summed E-state index contributed by atoms with van der Waals surface area (Å²) in [6.45, 7) is 0.532. The molecule has 1 atom stereocenters. The molecule has 0 saturated carbocycles. The lowest BCUT2D eigenvalue weighted by atomic mass is 9.95. The molecule has 0 saturated heterocycles. The number of pyridine rings is 1. The lowest BCUT2D eigenvalue weighted by Gasteiger charge is -2.21. The first kappa shape index (κ1) is 22.5. The first-order valence-corrected chi connectivity index (χ1v) is 12.1. The second kappa shape index (κ2) is 10.3. The third kappa shape index (κ3) is 5.44. The summed E-state index contributed by atoms with van der Waals surface area (Å²) in [5.74, 6) is 0.585. The van der Waals surface area contributed by atoms with Crippen LogP contribution in [0.4, 0.5) is 5.95 Å². The standard InChI is InChI=1S/C27H24N6OS/c28-22-10-9-20(25-4-2-14-35-25)15-24(22)32-26(34)19-7-5-18(6-8-19)16-31-27-30-13-11-23(33-27)21-3-1-12-29-17-21/h1-14,17,20H,15-16,28H2,(H,32,34)(H,30,31,33). The van der Waals surface area contributed by atoms with E-state index in [2.05, 4.69) is 43.1 Å². The number of hydrogen-bond donors (Lipinski definition) is 3. The maximum absolute atomic E-state index is 12.9. The van der Waals surface area contributed by atoms with Gasteiger partial charge in [0.05, 0.1) is 11.4 Å². The number of anilines is 1. The van der Waals surface area contributed by atoms with Gasteiger partial charge in [-0.1, -0.05) is 24.3 Å². The second-order valence-corrected chi connectivity index (χ2v) is 9.11. The molecule has 1 aliphatic rings. The van der Waals surface area contributed by atoms with E-state index in [1.54, 1.807) is 29.9 Å². The number of aromatic nitrogens is 3. The van der Waals surface area contributed by atoms with Crippen LogP contribution in [0.1, 0.15) is 33.1 Å². The van der Waals surface area contributed by atoms with Crippen molar-refractivity contribution < 1.29 is 4.79 Å². The molecular weight excluding hydrogens is 456 g/mol. The zero-order valence-electron chi connectivity index (χ0n) is 18.9. The second-order valence-electron chi connectivity index (χ2n) is 8.13. The van der Waals surface area contributed by atoms with E-state index in [0.717, 1.165) is 22.5 Å². The summed E-state index contributed by atoms with van der Waals surface area (Å²) in [5, 5.41) is 8.30. The molecule has 1 aromatic carbocycles. The third-order valence-corrected chi connectivity index (χ3v) is 6.74. The van der Waals surface area contributed by atoms with E-state index in [0.29, 0.717) is 30.2 Å². The van der Waals surface area contributed by atoms with E-state index in [9.17, 15) is 4.79 Å². The van der Waals surface area contributed by atoms with Crippen LogP contribution in [0.2, 0.25) is 0 Å². The summed E-state index contributed by atoms with van der Waals surface area (Å²) in [4.78, 5) is 27.1. The van der Waals surface area contributed by atoms with Gasteiger partial charge in [-0.3, -0.25) is 9.78 Å². The third-order valence-electron chi connectivity index (χ3n) is 5.73. The van der Waals surface area contributed by atoms with E-state index >= 15 is 0 Å². The summed E-state index contributed by atoms with van der Waals surface area (Å²) in [6, 6.07) is 17.3. The summed E-state index contributed by atoms with van der Waals surface area (Å²) >= 11 is 1.71. The number of nitrogens with zero attached hydrogens (tertiary/aromatic N) is 3. The minimum absolute atomic E-state index is 0.171. The highest BCUT2D eigenvalue weighted by molar-refractivity contribution is 7.10. The van der Waals surface area contributed by atoms with Crippen LogP contribution in [0.25, 0.3) is 11.3 Å². The Balaban J connectivity index is 1.19. The molecule has 1 aliphatic carbocycles. The number of thiophene rings is 1. The number of hydrogen-bond acceptors (Lipinski definition) is 7. The predicted molar refractivity (Wildman–Crippen MR) is 139 cm³/mol. The van der Waals surface area contributed by atoms with Gasteiger partial charge in [-0.2, -0.15) is 0 Å². The molecule has 4 N–H and O–H groups in total. The van der Waals surface area contributed by atoms with Gasteiger partial charge in [0.2, 0.25) is 5.95 Å². The van der Waals surface area contributed by atoms with Crippen molar-refractivity contribution in [1.82, 2.24) is 20.3 Å². The fourth-order valence-electron chi connectivity index (χ4n) is 3.83. The Hall–Kier alpha value is -4.30. The Kier molecular flexibility index (Phi) is 6.63. The number of carbonyl (C=O) groups is 1. The van der Waals surface area contributed by atoms with Crippen LogP contribution < -0.4 is 16.4 Å². The lowest BCUT2D eigenvalue weighted by Crippen LogP contribution is -2.27. The number of nitrogens with two attached hydrogens (primary N) is 1. The molecule has 174 valence electrons. The zero-order chi connectivity index (χ0) is 24.0. The first-order valence-electron chi connectivity index (χ1n) is 11.2. The van der Waals surface area contributed by atoms with Crippen molar-refractivity contribution in [2.75, 3.05) is 5.32 Å². The van der Waals surface area contributed by atoms with Gasteiger partial charge in [0.1, 0.15) is 0 Å². The van der Waals surface area contributed by atoms with E-state index in [1.165, 1.54) is 4.88 Å². The Labute approximate surface area is 207 Å². The monoisotopic (exact) mass is 480 g/mol. The molecule has 0 radical (unpaired) electrons. The van der Waals surface area contributed by atoms with Gasteiger partial charge < -0.3 is 16.4 Å². The van der Waals surface area contributed by atoms with Crippen molar-refractivity contribution in [2.24, 2.45) is 5.73 Å². The molecule has 0 bridgehead atoms. The molecule has 8 heteroatoms. The molecule has 35 heavy (non-hydrogen) atoms. The van der Waals surface area contributed by atoms with Gasteiger partial charge >= 0.3 is 0 Å². The number of rotatable bonds is 7. The Bertz CT molecular complexity index is 1360. The van der Waals surface area contributed by atoms with Crippen LogP contribution in [0, 0.1) is 0 Å². The Morgan fingerprint density at radius 1 is 1.09 bits per heavy atom.